The third-order valence-corrected chi connectivity index (χ3v) is 3.78. The fourth-order valence-corrected chi connectivity index (χ4v) is 2.45. The summed E-state index contributed by atoms with van der Waals surface area (Å²) in [6.45, 7) is 2.93. The summed E-state index contributed by atoms with van der Waals surface area (Å²) in [5, 5.41) is 17.1. The molecule has 1 atom stereocenters. The number of hydrogen-bond donors (Lipinski definition) is 0. The van der Waals surface area contributed by atoms with Crippen molar-refractivity contribution in [3.8, 4) is 17.5 Å². The number of methoxy groups -OCH3 is 1. The standard InChI is InChI=1S/C15H15N3O3/c1-10-7-11(8-16)3-4-12(10)13-17-18-14(21-13)15(19-2)5-6-20-9-15/h3-4,7H,5-6,9H2,1-2H3. The van der Waals surface area contributed by atoms with Crippen molar-refractivity contribution in [3.63, 3.8) is 0 Å². The van der Waals surface area contributed by atoms with Gasteiger partial charge in [0.2, 0.25) is 5.89 Å². The summed E-state index contributed by atoms with van der Waals surface area (Å²) in [5.41, 5.74) is 1.69. The van der Waals surface area contributed by atoms with Crippen molar-refractivity contribution in [1.82, 2.24) is 10.2 Å². The van der Waals surface area contributed by atoms with Crippen LogP contribution < -0.4 is 0 Å². The smallest absolute Gasteiger partial charge is 0.251 e. The lowest BCUT2D eigenvalue weighted by molar-refractivity contribution is -0.0407. The molecule has 0 N–H and O–H groups in total. The van der Waals surface area contributed by atoms with Crippen molar-refractivity contribution in [2.75, 3.05) is 20.3 Å². The van der Waals surface area contributed by atoms with Gasteiger partial charge in [-0.15, -0.1) is 10.2 Å². The summed E-state index contributed by atoms with van der Waals surface area (Å²) >= 11 is 0. The van der Waals surface area contributed by atoms with E-state index in [0.29, 0.717) is 37.0 Å². The molecule has 6 heteroatoms. The average Bonchev–Trinajstić information content (AvgIpc) is 3.16. The number of ether oxygens (including phenoxy) is 2. The molecule has 0 radical (unpaired) electrons. The van der Waals surface area contributed by atoms with Crippen LogP contribution in [-0.2, 0) is 15.1 Å². The zero-order chi connectivity index (χ0) is 14.9. The molecular weight excluding hydrogens is 270 g/mol. The molecule has 1 aliphatic heterocycles. The summed E-state index contributed by atoms with van der Waals surface area (Å²) in [5.74, 6) is 0.858. The number of aryl methyl sites for hydroxylation is 1. The van der Waals surface area contributed by atoms with E-state index in [2.05, 4.69) is 16.3 Å². The maximum absolute atomic E-state index is 8.91. The minimum atomic E-state index is -0.647. The molecule has 0 bridgehead atoms. The first-order valence-electron chi connectivity index (χ1n) is 6.66. The van der Waals surface area contributed by atoms with Gasteiger partial charge in [0.15, 0.2) is 5.60 Å². The third kappa shape index (κ3) is 2.31. The number of rotatable bonds is 3. The van der Waals surface area contributed by atoms with Crippen LogP contribution in [0.3, 0.4) is 0 Å². The number of nitrogens with zero attached hydrogens (tertiary/aromatic N) is 3. The molecule has 1 fully saturated rings. The second kappa shape index (κ2) is 5.28. The van der Waals surface area contributed by atoms with Crippen molar-refractivity contribution in [3.05, 3.63) is 35.2 Å². The predicted molar refractivity (Wildman–Crippen MR) is 73.3 cm³/mol. The van der Waals surface area contributed by atoms with Crippen LogP contribution in [0.15, 0.2) is 22.6 Å². The average molecular weight is 285 g/mol. The molecule has 2 aromatic rings. The topological polar surface area (TPSA) is 81.2 Å². The highest BCUT2D eigenvalue weighted by Crippen LogP contribution is 2.34. The molecule has 1 unspecified atom stereocenters. The molecule has 1 aromatic heterocycles. The maximum atomic E-state index is 8.91. The van der Waals surface area contributed by atoms with E-state index in [1.165, 1.54) is 0 Å². The van der Waals surface area contributed by atoms with E-state index in [9.17, 15) is 0 Å². The van der Waals surface area contributed by atoms with Crippen molar-refractivity contribution in [2.45, 2.75) is 18.9 Å². The number of nitriles is 1. The van der Waals surface area contributed by atoms with Crippen LogP contribution in [-0.4, -0.2) is 30.5 Å². The van der Waals surface area contributed by atoms with Gasteiger partial charge in [-0.1, -0.05) is 0 Å². The van der Waals surface area contributed by atoms with E-state index >= 15 is 0 Å². The lowest BCUT2D eigenvalue weighted by Gasteiger charge is -2.20. The molecule has 0 spiro atoms. The van der Waals surface area contributed by atoms with Gasteiger partial charge in [-0.3, -0.25) is 0 Å². The molecule has 0 amide bonds. The molecule has 1 aromatic carbocycles. The number of benzene rings is 1. The molecule has 1 aliphatic rings. The van der Waals surface area contributed by atoms with Crippen molar-refractivity contribution >= 4 is 0 Å². The Morgan fingerprint density at radius 1 is 1.38 bits per heavy atom. The van der Waals surface area contributed by atoms with Gasteiger partial charge in [0.1, 0.15) is 0 Å². The Morgan fingerprint density at radius 3 is 2.86 bits per heavy atom. The van der Waals surface area contributed by atoms with Gasteiger partial charge in [0, 0.05) is 19.1 Å². The summed E-state index contributed by atoms with van der Waals surface area (Å²) in [7, 11) is 1.62. The van der Waals surface area contributed by atoms with Gasteiger partial charge in [-0.05, 0) is 30.7 Å². The Kier molecular flexibility index (Phi) is 3.45. The zero-order valence-corrected chi connectivity index (χ0v) is 11.9. The Morgan fingerprint density at radius 2 is 2.24 bits per heavy atom. The Hall–Kier alpha value is -2.23. The predicted octanol–water partition coefficient (Wildman–Crippen LogP) is 2.18. The van der Waals surface area contributed by atoms with Crippen LogP contribution in [0.25, 0.3) is 11.5 Å². The molecule has 1 saturated heterocycles. The van der Waals surface area contributed by atoms with E-state index in [0.717, 1.165) is 11.1 Å². The molecule has 108 valence electrons. The first-order valence-corrected chi connectivity index (χ1v) is 6.66. The highest BCUT2D eigenvalue weighted by Gasteiger charge is 2.42. The monoisotopic (exact) mass is 285 g/mol. The van der Waals surface area contributed by atoms with Crippen LogP contribution in [0, 0.1) is 18.3 Å². The lowest BCUT2D eigenvalue weighted by atomic mass is 10.0. The van der Waals surface area contributed by atoms with E-state index in [1.807, 2.05) is 13.0 Å². The first kappa shape index (κ1) is 13.7. The van der Waals surface area contributed by atoms with E-state index < -0.39 is 5.60 Å². The van der Waals surface area contributed by atoms with Gasteiger partial charge in [-0.2, -0.15) is 5.26 Å². The molecule has 2 heterocycles. The summed E-state index contributed by atoms with van der Waals surface area (Å²) in [6, 6.07) is 7.45. The van der Waals surface area contributed by atoms with E-state index in [4.69, 9.17) is 19.2 Å². The largest absolute Gasteiger partial charge is 0.417 e. The van der Waals surface area contributed by atoms with Gasteiger partial charge in [-0.25, -0.2) is 0 Å². The highest BCUT2D eigenvalue weighted by atomic mass is 16.6. The molecule has 0 aliphatic carbocycles. The minimum absolute atomic E-state index is 0.414. The van der Waals surface area contributed by atoms with Crippen LogP contribution in [0.4, 0.5) is 0 Å². The van der Waals surface area contributed by atoms with Crippen molar-refractivity contribution in [1.29, 1.82) is 5.26 Å². The van der Waals surface area contributed by atoms with Gasteiger partial charge in [0.25, 0.3) is 5.89 Å². The maximum Gasteiger partial charge on any atom is 0.251 e. The number of hydrogen-bond acceptors (Lipinski definition) is 6. The Labute approximate surface area is 122 Å². The molecule has 6 nitrogen and oxygen atoms in total. The quantitative estimate of drug-likeness (QED) is 0.859. The third-order valence-electron chi connectivity index (χ3n) is 3.78. The second-order valence-electron chi connectivity index (χ2n) is 5.05. The zero-order valence-electron chi connectivity index (χ0n) is 11.9. The number of aromatic nitrogens is 2. The van der Waals surface area contributed by atoms with Gasteiger partial charge >= 0.3 is 0 Å². The normalized spacial score (nSPS) is 21.4. The SMILES string of the molecule is COC1(c2nnc(-c3ccc(C#N)cc3C)o2)CCOC1. The van der Waals surface area contributed by atoms with E-state index in [-0.39, 0.29) is 0 Å². The van der Waals surface area contributed by atoms with Crippen LogP contribution in [0.5, 0.6) is 0 Å². The summed E-state index contributed by atoms with van der Waals surface area (Å²) < 4.78 is 16.7. The fourth-order valence-electron chi connectivity index (χ4n) is 2.45. The van der Waals surface area contributed by atoms with Crippen LogP contribution in [0.2, 0.25) is 0 Å². The Balaban J connectivity index is 1.97. The molecule has 3 rings (SSSR count). The Bertz CT molecular complexity index is 696. The fraction of sp³-hybridized carbons (Fsp3) is 0.400. The summed E-state index contributed by atoms with van der Waals surface area (Å²) in [4.78, 5) is 0. The lowest BCUT2D eigenvalue weighted by Crippen LogP contribution is -2.29. The van der Waals surface area contributed by atoms with Crippen molar-refractivity contribution < 1.29 is 13.9 Å². The van der Waals surface area contributed by atoms with Gasteiger partial charge < -0.3 is 13.9 Å². The van der Waals surface area contributed by atoms with Crippen LogP contribution in [0.1, 0.15) is 23.4 Å². The van der Waals surface area contributed by atoms with Crippen LogP contribution >= 0.6 is 0 Å². The highest BCUT2D eigenvalue weighted by molar-refractivity contribution is 5.59. The summed E-state index contributed by atoms with van der Waals surface area (Å²) in [6.07, 6.45) is 0.692. The van der Waals surface area contributed by atoms with E-state index in [1.54, 1.807) is 19.2 Å². The molecule has 0 saturated carbocycles. The molecule has 21 heavy (non-hydrogen) atoms. The first-order chi connectivity index (χ1) is 10.2. The molecular formula is C15H15N3O3. The minimum Gasteiger partial charge on any atom is -0.417 e. The van der Waals surface area contributed by atoms with Crippen molar-refractivity contribution in [2.24, 2.45) is 0 Å². The second-order valence-corrected chi connectivity index (χ2v) is 5.05. The van der Waals surface area contributed by atoms with Gasteiger partial charge in [0.05, 0.1) is 24.8 Å².